The van der Waals surface area contributed by atoms with Crippen LogP contribution in [-0.2, 0) is 30.3 Å². The number of carbonyl (C=O) groups is 1. The van der Waals surface area contributed by atoms with E-state index in [1.807, 2.05) is 70.3 Å². The van der Waals surface area contributed by atoms with Crippen molar-refractivity contribution in [1.82, 2.24) is 15.0 Å². The molecule has 10 heteroatoms. The Labute approximate surface area is 442 Å². The number of thiophene rings is 1. The van der Waals surface area contributed by atoms with E-state index in [1.165, 1.54) is 33.4 Å². The Morgan fingerprint density at radius 1 is 0.708 bits per heavy atom. The molecule has 367 valence electrons. The first-order chi connectivity index (χ1) is 34.3. The van der Waals surface area contributed by atoms with E-state index in [9.17, 15) is 9.90 Å². The number of ketones is 1. The fraction of sp³-hybridized carbons (Fsp3) is 0.258. The Bertz CT molecular complexity index is 3440. The molecule has 3 aromatic heterocycles. The summed E-state index contributed by atoms with van der Waals surface area (Å²) in [4.78, 5) is 25.9. The number of aliphatic hydroxyl groups excluding tert-OH is 1. The summed E-state index contributed by atoms with van der Waals surface area (Å²) in [7, 11) is 0. The molecular formula is C62H60BIrN3O4S-2. The maximum atomic E-state index is 11.7. The summed E-state index contributed by atoms with van der Waals surface area (Å²) >= 11 is 1.62. The molecule has 11 rings (SSSR count). The van der Waals surface area contributed by atoms with Gasteiger partial charge in [-0.25, -0.2) is 4.98 Å². The van der Waals surface area contributed by atoms with Gasteiger partial charge in [0.25, 0.3) is 6.71 Å². The zero-order valence-corrected chi connectivity index (χ0v) is 45.7. The van der Waals surface area contributed by atoms with E-state index < -0.39 is 0 Å². The van der Waals surface area contributed by atoms with Crippen LogP contribution in [0.5, 0.6) is 22.3 Å². The van der Waals surface area contributed by atoms with Crippen molar-refractivity contribution in [3.8, 4) is 44.8 Å². The number of hydrogen-bond donors (Lipinski definition) is 1. The number of carbonyl (C=O) groups excluding carboxylic acids is 1. The zero-order chi connectivity index (χ0) is 50.0. The minimum absolute atomic E-state index is 0. The first kappa shape index (κ1) is 51.9. The van der Waals surface area contributed by atoms with Crippen molar-refractivity contribution in [3.05, 3.63) is 168 Å². The summed E-state index contributed by atoms with van der Waals surface area (Å²) in [6, 6.07) is 46.7. The number of para-hydroxylation sites is 1. The maximum Gasteiger partial charge on any atom is 0.264 e. The molecule has 9 aromatic rings. The molecule has 6 aromatic carbocycles. The molecule has 72 heavy (non-hydrogen) atoms. The number of aliphatic hydroxyl groups is 1. The van der Waals surface area contributed by atoms with Gasteiger partial charge < -0.3 is 19.6 Å². The average molecular weight is 1150 g/mol. The Kier molecular flexibility index (Phi) is 15.9. The van der Waals surface area contributed by atoms with E-state index in [0.717, 1.165) is 108 Å². The molecule has 0 bridgehead atoms. The number of rotatable bonds is 9. The molecule has 0 atom stereocenters. The maximum absolute atomic E-state index is 11.7. The van der Waals surface area contributed by atoms with Crippen LogP contribution in [0.2, 0.25) is 0 Å². The zero-order valence-electron chi connectivity index (χ0n) is 42.5. The molecule has 0 aliphatic carbocycles. The van der Waals surface area contributed by atoms with Gasteiger partial charge in [-0.3, -0.25) is 9.78 Å². The normalized spacial score (nSPS) is 12.4. The van der Waals surface area contributed by atoms with Gasteiger partial charge in [0.1, 0.15) is 23.6 Å². The number of benzene rings is 6. The van der Waals surface area contributed by atoms with Gasteiger partial charge in [0.05, 0.1) is 11.3 Å². The van der Waals surface area contributed by atoms with E-state index in [4.69, 9.17) is 19.4 Å². The van der Waals surface area contributed by atoms with E-state index in [1.54, 1.807) is 17.7 Å². The van der Waals surface area contributed by atoms with Crippen molar-refractivity contribution in [2.75, 3.05) is 0 Å². The summed E-state index contributed by atoms with van der Waals surface area (Å²) < 4.78 is 13.8. The van der Waals surface area contributed by atoms with Crippen molar-refractivity contribution >= 4 is 72.0 Å². The third kappa shape index (κ3) is 10.4. The van der Waals surface area contributed by atoms with Gasteiger partial charge in [-0.15, -0.1) is 75.4 Å². The molecule has 1 radical (unpaired) electrons. The van der Waals surface area contributed by atoms with Gasteiger partial charge in [-0.2, -0.15) is 0 Å². The van der Waals surface area contributed by atoms with Crippen molar-refractivity contribution in [2.45, 2.75) is 93.4 Å². The number of allylic oxidation sites excluding steroid dienone is 2. The monoisotopic (exact) mass is 1150 g/mol. The van der Waals surface area contributed by atoms with E-state index in [-0.39, 0.29) is 55.6 Å². The summed E-state index contributed by atoms with van der Waals surface area (Å²) in [6.07, 6.45) is 8.45. The Hall–Kier alpha value is -6.45. The van der Waals surface area contributed by atoms with Crippen LogP contribution >= 0.6 is 11.3 Å². The van der Waals surface area contributed by atoms with Gasteiger partial charge in [0, 0.05) is 65.5 Å². The molecule has 0 fully saturated rings. The fourth-order valence-corrected chi connectivity index (χ4v) is 11.2. The second kappa shape index (κ2) is 22.1. The number of fused-ring (bicyclic) bond motifs is 8. The SMILES string of the molecule is CC(C)(C)c1cc(-c2ncnc3c4c(sc23)Oc2cccc3c2B4c2ccccc2O3)[c-]c2ccccc12.CCC(CC)C(=O)/C=C(\O)C(CC)CC.Cc1[c-]c(-c2nccc3ccccc23)cc(C)c1.[Ir]. The second-order valence-electron chi connectivity index (χ2n) is 19.6. The first-order valence-electron chi connectivity index (χ1n) is 24.9. The minimum Gasteiger partial charge on any atom is -0.512 e. The van der Waals surface area contributed by atoms with Crippen LogP contribution in [-0.4, -0.2) is 32.6 Å². The largest absolute Gasteiger partial charge is 0.512 e. The third-order valence-corrected chi connectivity index (χ3v) is 14.8. The van der Waals surface area contributed by atoms with Gasteiger partial charge in [0.2, 0.25) is 0 Å². The molecular weight excluding hydrogens is 1090 g/mol. The molecule has 5 heterocycles. The van der Waals surface area contributed by atoms with Crippen LogP contribution in [0.4, 0.5) is 0 Å². The Morgan fingerprint density at radius 2 is 1.36 bits per heavy atom. The number of ether oxygens (including phenoxy) is 2. The van der Waals surface area contributed by atoms with E-state index in [0.29, 0.717) is 0 Å². The molecule has 0 amide bonds. The number of aryl methyl sites for hydroxylation is 2. The molecule has 0 saturated heterocycles. The average Bonchev–Trinajstić information content (AvgIpc) is 3.75. The molecule has 0 unspecified atom stereocenters. The molecule has 0 spiro atoms. The first-order valence-corrected chi connectivity index (χ1v) is 25.7. The van der Waals surface area contributed by atoms with Crippen LogP contribution in [0.25, 0.3) is 54.3 Å². The van der Waals surface area contributed by atoms with Crippen molar-refractivity contribution in [2.24, 2.45) is 11.8 Å². The topological polar surface area (TPSA) is 94.4 Å². The smallest absolute Gasteiger partial charge is 0.264 e. The number of aromatic nitrogens is 3. The van der Waals surface area contributed by atoms with E-state index in [2.05, 4.69) is 131 Å². The van der Waals surface area contributed by atoms with Crippen molar-refractivity contribution < 1.29 is 39.5 Å². The van der Waals surface area contributed by atoms with Crippen molar-refractivity contribution in [3.63, 3.8) is 0 Å². The van der Waals surface area contributed by atoms with Gasteiger partial charge >= 0.3 is 0 Å². The summed E-state index contributed by atoms with van der Waals surface area (Å²) in [5.74, 6) is 3.10. The quantitative estimate of drug-likeness (QED) is 0.0666. The molecule has 2 aliphatic rings. The predicted octanol–water partition coefficient (Wildman–Crippen LogP) is 14.5. The molecule has 1 N–H and O–H groups in total. The molecule has 7 nitrogen and oxygen atoms in total. The predicted molar refractivity (Wildman–Crippen MR) is 295 cm³/mol. The fourth-order valence-electron chi connectivity index (χ4n) is 10.0. The standard InChI is InChI=1S/C32H22BN2O2S.C17H14N.C13H24O2.Ir/c1-32(2,3)21-16-19(15-18-9-4-5-10-20(18)21)28-30-29(35-17-34-28)27-31(38-30)37-25-14-8-13-24-26(25)33(27)22-11-6-7-12-23(22)36-24;1-12-9-13(2)11-15(10-12)17-16-6-4-3-5-14(16)7-8-18-17;1-5-10(6-2)12(14)9-13(15)11(7-3)8-4;/h4-14,16-17H,1-3H3;3-10H,1-2H3;9-11,14H,5-8H2,1-4H3;/q2*-1;;/b;;12-9-;. The van der Waals surface area contributed by atoms with Crippen LogP contribution in [0.1, 0.15) is 90.8 Å². The minimum atomic E-state index is -0.0305. The van der Waals surface area contributed by atoms with Crippen LogP contribution in [0.15, 0.2) is 140 Å². The third-order valence-electron chi connectivity index (χ3n) is 13.7. The molecule has 0 saturated carbocycles. The van der Waals surface area contributed by atoms with Gasteiger partial charge in [-0.1, -0.05) is 140 Å². The van der Waals surface area contributed by atoms with Crippen molar-refractivity contribution in [1.29, 1.82) is 0 Å². The molecule has 2 aliphatic heterocycles. The van der Waals surface area contributed by atoms with Gasteiger partial charge in [-0.05, 0) is 77.3 Å². The van der Waals surface area contributed by atoms with Crippen LogP contribution in [0, 0.1) is 37.8 Å². The van der Waals surface area contributed by atoms with Gasteiger partial charge in [0.15, 0.2) is 10.8 Å². The van der Waals surface area contributed by atoms with Crippen LogP contribution < -0.4 is 25.9 Å². The summed E-state index contributed by atoms with van der Waals surface area (Å²) in [5.41, 5.74) is 11.8. The Balaban J connectivity index is 0.000000170. The number of hydrogen-bond acceptors (Lipinski definition) is 8. The number of nitrogens with zero attached hydrogens (tertiary/aromatic N) is 3. The summed E-state index contributed by atoms with van der Waals surface area (Å²) in [5, 5.41) is 15.3. The number of pyridine rings is 1. The second-order valence-corrected chi connectivity index (χ2v) is 20.6. The van der Waals surface area contributed by atoms with Crippen LogP contribution in [0.3, 0.4) is 0 Å². The summed E-state index contributed by atoms with van der Waals surface area (Å²) in [6.45, 7) is 19.0. The Morgan fingerprint density at radius 3 is 2.08 bits per heavy atom. The van der Waals surface area contributed by atoms with E-state index >= 15 is 0 Å².